The van der Waals surface area contributed by atoms with Gasteiger partial charge in [-0.25, -0.2) is 4.39 Å². The summed E-state index contributed by atoms with van der Waals surface area (Å²) in [6.45, 7) is 0. The van der Waals surface area contributed by atoms with Crippen molar-refractivity contribution in [2.75, 3.05) is 18.6 Å². The SMILES string of the molecule is CN(C1CC(CSC(=N)c2cc(F)ccc2O)C1)[C@H](CS)C(=O)O. The number of halogens is 1. The number of phenols is 1. The lowest BCUT2D eigenvalue weighted by molar-refractivity contribution is -0.143. The van der Waals surface area contributed by atoms with E-state index in [1.807, 2.05) is 4.90 Å². The molecule has 3 N–H and O–H groups in total. The molecule has 0 saturated heterocycles. The number of nitrogens with zero attached hydrogens (tertiary/aromatic N) is 1. The number of benzene rings is 1. The van der Waals surface area contributed by atoms with E-state index >= 15 is 0 Å². The number of carboxylic acid groups (broad SMARTS) is 1. The first kappa shape index (κ1) is 19.1. The van der Waals surface area contributed by atoms with Crippen molar-refractivity contribution in [3.8, 4) is 5.75 Å². The summed E-state index contributed by atoms with van der Waals surface area (Å²) in [5.74, 6) is -0.104. The number of carboxylic acids is 1. The van der Waals surface area contributed by atoms with Crippen LogP contribution < -0.4 is 0 Å². The van der Waals surface area contributed by atoms with Gasteiger partial charge in [0.15, 0.2) is 0 Å². The van der Waals surface area contributed by atoms with Crippen molar-refractivity contribution in [1.29, 1.82) is 5.41 Å². The summed E-state index contributed by atoms with van der Waals surface area (Å²) in [7, 11) is 1.80. The number of thioether (sulfide) groups is 1. The molecule has 0 amide bonds. The van der Waals surface area contributed by atoms with Crippen LogP contribution in [-0.2, 0) is 4.79 Å². The minimum Gasteiger partial charge on any atom is -0.507 e. The van der Waals surface area contributed by atoms with E-state index in [0.29, 0.717) is 11.7 Å². The first-order valence-electron chi connectivity index (χ1n) is 7.59. The molecule has 1 aliphatic carbocycles. The van der Waals surface area contributed by atoms with Gasteiger partial charge in [-0.3, -0.25) is 15.1 Å². The van der Waals surface area contributed by atoms with Crippen LogP contribution >= 0.6 is 24.4 Å². The van der Waals surface area contributed by atoms with Crippen LogP contribution in [0.25, 0.3) is 0 Å². The monoisotopic (exact) mass is 372 g/mol. The zero-order valence-electron chi connectivity index (χ0n) is 13.3. The van der Waals surface area contributed by atoms with Crippen LogP contribution in [0, 0.1) is 17.1 Å². The largest absolute Gasteiger partial charge is 0.507 e. The van der Waals surface area contributed by atoms with Gasteiger partial charge < -0.3 is 10.2 Å². The van der Waals surface area contributed by atoms with E-state index in [0.717, 1.165) is 25.0 Å². The molecule has 1 aromatic rings. The Kier molecular flexibility index (Phi) is 6.54. The Balaban J connectivity index is 1.80. The normalized spacial score (nSPS) is 21.3. The number of nitrogens with one attached hydrogen (secondary N) is 1. The van der Waals surface area contributed by atoms with Gasteiger partial charge in [-0.05, 0) is 44.0 Å². The van der Waals surface area contributed by atoms with E-state index in [2.05, 4.69) is 12.6 Å². The zero-order valence-corrected chi connectivity index (χ0v) is 15.0. The summed E-state index contributed by atoms with van der Waals surface area (Å²) in [4.78, 5) is 13.0. The first-order valence-corrected chi connectivity index (χ1v) is 9.21. The average Bonchev–Trinajstić information content (AvgIpc) is 2.48. The van der Waals surface area contributed by atoms with Crippen LogP contribution in [-0.4, -0.2) is 56.8 Å². The molecule has 0 spiro atoms. The number of phenolic OH excluding ortho intramolecular Hbond substituents is 1. The molecule has 0 radical (unpaired) electrons. The molecule has 1 aliphatic rings. The van der Waals surface area contributed by atoms with Crippen LogP contribution in [0.3, 0.4) is 0 Å². The van der Waals surface area contributed by atoms with Crippen LogP contribution in [0.4, 0.5) is 4.39 Å². The van der Waals surface area contributed by atoms with Gasteiger partial charge in [-0.15, -0.1) is 11.8 Å². The number of likely N-dealkylation sites (N-methyl/N-ethyl adjacent to an activating group) is 1. The van der Waals surface area contributed by atoms with Gasteiger partial charge in [0.1, 0.15) is 17.6 Å². The number of aromatic hydroxyl groups is 1. The second kappa shape index (κ2) is 8.22. The summed E-state index contributed by atoms with van der Waals surface area (Å²) in [5.41, 5.74) is 0.203. The van der Waals surface area contributed by atoms with Crippen molar-refractivity contribution in [2.24, 2.45) is 5.92 Å². The van der Waals surface area contributed by atoms with E-state index in [4.69, 9.17) is 10.5 Å². The maximum absolute atomic E-state index is 13.2. The summed E-state index contributed by atoms with van der Waals surface area (Å²) in [6, 6.07) is 3.18. The predicted octanol–water partition coefficient (Wildman–Crippen LogP) is 2.68. The van der Waals surface area contributed by atoms with E-state index in [1.165, 1.54) is 17.8 Å². The van der Waals surface area contributed by atoms with Gasteiger partial charge in [0.05, 0.1) is 10.6 Å². The quantitative estimate of drug-likeness (QED) is 0.336. The smallest absolute Gasteiger partial charge is 0.321 e. The molecule has 0 aromatic heterocycles. The molecule has 0 aliphatic heterocycles. The fourth-order valence-electron chi connectivity index (χ4n) is 2.77. The van der Waals surface area contributed by atoms with Crippen LogP contribution in [0.15, 0.2) is 18.2 Å². The molecular formula is C16H21FN2O3S2. The maximum atomic E-state index is 13.2. The van der Waals surface area contributed by atoms with Crippen molar-refractivity contribution < 1.29 is 19.4 Å². The van der Waals surface area contributed by atoms with Crippen molar-refractivity contribution in [3.63, 3.8) is 0 Å². The number of carbonyl (C=O) groups is 1. The second-order valence-electron chi connectivity index (χ2n) is 5.99. The van der Waals surface area contributed by atoms with Gasteiger partial charge in [-0.2, -0.15) is 12.6 Å². The third-order valence-corrected chi connectivity index (χ3v) is 5.90. The standard InChI is InChI=1S/C16H21FN2O3S2/c1-19(13(7-23)16(21)22)11-4-9(5-11)8-24-15(18)12-6-10(17)2-3-14(12)20/h2-3,6,9,11,13,18,20,23H,4-5,7-8H2,1H3,(H,21,22)/t9?,11?,13-/m1/s1. The Morgan fingerprint density at radius 3 is 2.79 bits per heavy atom. The van der Waals surface area contributed by atoms with Gasteiger partial charge >= 0.3 is 5.97 Å². The molecule has 0 unspecified atom stereocenters. The van der Waals surface area contributed by atoms with E-state index in [9.17, 15) is 14.3 Å². The number of rotatable bonds is 7. The minimum atomic E-state index is -0.867. The topological polar surface area (TPSA) is 84.6 Å². The highest BCUT2D eigenvalue weighted by molar-refractivity contribution is 8.14. The lowest BCUT2D eigenvalue weighted by Gasteiger charge is -2.43. The lowest BCUT2D eigenvalue weighted by Crippen LogP contribution is -2.51. The maximum Gasteiger partial charge on any atom is 0.321 e. The van der Waals surface area contributed by atoms with E-state index in [1.54, 1.807) is 7.05 Å². The van der Waals surface area contributed by atoms with Crippen molar-refractivity contribution in [2.45, 2.75) is 24.9 Å². The third-order valence-electron chi connectivity index (χ3n) is 4.40. The summed E-state index contributed by atoms with van der Waals surface area (Å²) < 4.78 is 13.2. The Hall–Kier alpha value is -1.25. The second-order valence-corrected chi connectivity index (χ2v) is 7.39. The predicted molar refractivity (Wildman–Crippen MR) is 96.9 cm³/mol. The molecular weight excluding hydrogens is 351 g/mol. The molecule has 0 bridgehead atoms. The number of hydrogen-bond acceptors (Lipinski definition) is 6. The lowest BCUT2D eigenvalue weighted by atomic mass is 9.80. The molecule has 1 fully saturated rings. The summed E-state index contributed by atoms with van der Waals surface area (Å²) in [6.07, 6.45) is 1.73. The Morgan fingerprint density at radius 2 is 2.21 bits per heavy atom. The fourth-order valence-corrected chi connectivity index (χ4v) is 4.18. The molecule has 1 atom stereocenters. The summed E-state index contributed by atoms with van der Waals surface area (Å²) in [5, 5.41) is 27.0. The average molecular weight is 372 g/mol. The third kappa shape index (κ3) is 4.43. The van der Waals surface area contributed by atoms with Gasteiger partial charge in [0.25, 0.3) is 0 Å². The number of aliphatic carboxylic acids is 1. The molecule has 8 heteroatoms. The van der Waals surface area contributed by atoms with Crippen LogP contribution in [0.2, 0.25) is 0 Å². The Morgan fingerprint density at radius 1 is 1.54 bits per heavy atom. The fraction of sp³-hybridized carbons (Fsp3) is 0.500. The summed E-state index contributed by atoms with van der Waals surface area (Å²) >= 11 is 5.37. The van der Waals surface area contributed by atoms with Crippen LogP contribution in [0.5, 0.6) is 5.75 Å². The molecule has 132 valence electrons. The van der Waals surface area contributed by atoms with E-state index in [-0.39, 0.29) is 28.2 Å². The van der Waals surface area contributed by atoms with Gasteiger partial charge in [-0.1, -0.05) is 0 Å². The molecule has 0 heterocycles. The molecule has 1 aromatic carbocycles. The first-order chi connectivity index (χ1) is 11.3. The van der Waals surface area contributed by atoms with Crippen LogP contribution in [0.1, 0.15) is 18.4 Å². The minimum absolute atomic E-state index is 0.0989. The highest BCUT2D eigenvalue weighted by Gasteiger charge is 2.36. The van der Waals surface area contributed by atoms with Crippen molar-refractivity contribution in [1.82, 2.24) is 4.90 Å². The molecule has 1 saturated carbocycles. The Bertz CT molecular complexity index is 623. The molecule has 24 heavy (non-hydrogen) atoms. The van der Waals surface area contributed by atoms with E-state index < -0.39 is 17.8 Å². The van der Waals surface area contributed by atoms with Crippen molar-refractivity contribution >= 4 is 35.4 Å². The number of thiol groups is 1. The molecule has 2 rings (SSSR count). The van der Waals surface area contributed by atoms with Crippen molar-refractivity contribution in [3.05, 3.63) is 29.6 Å². The highest BCUT2D eigenvalue weighted by Crippen LogP contribution is 2.36. The highest BCUT2D eigenvalue weighted by atomic mass is 32.2. The van der Waals surface area contributed by atoms with Gasteiger partial charge in [0.2, 0.25) is 0 Å². The molecule has 5 nitrogen and oxygen atoms in total. The number of hydrogen-bond donors (Lipinski definition) is 4. The van der Waals surface area contributed by atoms with Gasteiger partial charge in [0, 0.05) is 17.5 Å². The Labute approximate surface area is 150 Å². The zero-order chi connectivity index (χ0) is 17.9.